The van der Waals surface area contributed by atoms with Crippen molar-refractivity contribution in [2.75, 3.05) is 14.2 Å². The summed E-state index contributed by atoms with van der Waals surface area (Å²) in [7, 11) is 3.15. The minimum atomic E-state index is -0.753. The number of benzene rings is 1. The molecule has 1 unspecified atom stereocenters. The van der Waals surface area contributed by atoms with Crippen molar-refractivity contribution in [3.63, 3.8) is 0 Å². The zero-order valence-corrected chi connectivity index (χ0v) is 15.9. The van der Waals surface area contributed by atoms with Gasteiger partial charge in [0.25, 0.3) is 0 Å². The van der Waals surface area contributed by atoms with Crippen LogP contribution in [0.5, 0.6) is 11.5 Å². The molecule has 0 spiro atoms. The molecule has 2 amide bonds. The van der Waals surface area contributed by atoms with Crippen LogP contribution in [0.2, 0.25) is 0 Å². The summed E-state index contributed by atoms with van der Waals surface area (Å²) in [6.07, 6.45) is 1.05. The second-order valence-corrected chi connectivity index (χ2v) is 7.53. The number of carbonyl (C=O) groups is 2. The Morgan fingerprint density at radius 1 is 1.24 bits per heavy atom. The predicted molar refractivity (Wildman–Crippen MR) is 96.0 cm³/mol. The van der Waals surface area contributed by atoms with Crippen LogP contribution in [0.3, 0.4) is 0 Å². The Labute approximate surface area is 149 Å². The van der Waals surface area contributed by atoms with E-state index in [4.69, 9.17) is 9.47 Å². The van der Waals surface area contributed by atoms with Crippen LogP contribution in [-0.4, -0.2) is 37.6 Å². The molecule has 1 saturated heterocycles. The molecular formula is C19H28N2O4. The summed E-state index contributed by atoms with van der Waals surface area (Å²) in [6.45, 7) is 7.60. The first kappa shape index (κ1) is 19.1. The van der Waals surface area contributed by atoms with Crippen LogP contribution in [0.25, 0.3) is 0 Å². The number of carbonyl (C=O) groups excluding carboxylic acids is 2. The van der Waals surface area contributed by atoms with Crippen LogP contribution in [0.4, 0.5) is 0 Å². The summed E-state index contributed by atoms with van der Waals surface area (Å²) in [6, 6.07) is 5.38. The van der Waals surface area contributed by atoms with E-state index in [1.54, 1.807) is 20.3 Å². The van der Waals surface area contributed by atoms with Crippen LogP contribution >= 0.6 is 0 Å². The quantitative estimate of drug-likeness (QED) is 0.855. The molecular weight excluding hydrogens is 320 g/mol. The van der Waals surface area contributed by atoms with Gasteiger partial charge in [0.2, 0.25) is 11.8 Å². The van der Waals surface area contributed by atoms with Crippen molar-refractivity contribution < 1.29 is 19.1 Å². The molecule has 1 fully saturated rings. The van der Waals surface area contributed by atoms with E-state index < -0.39 is 11.0 Å². The molecule has 1 aliphatic rings. The Hall–Kier alpha value is -2.24. The highest BCUT2D eigenvalue weighted by atomic mass is 16.5. The number of hydrogen-bond acceptors (Lipinski definition) is 4. The van der Waals surface area contributed by atoms with E-state index in [1.165, 1.54) is 0 Å². The largest absolute Gasteiger partial charge is 0.493 e. The average Bonchev–Trinajstić information content (AvgIpc) is 2.55. The van der Waals surface area contributed by atoms with E-state index in [0.717, 1.165) is 5.56 Å². The summed E-state index contributed by atoms with van der Waals surface area (Å²) in [5.41, 5.74) is -0.393. The summed E-state index contributed by atoms with van der Waals surface area (Å²) in [5.74, 6) is 1.15. The molecule has 0 radical (unpaired) electrons. The van der Waals surface area contributed by atoms with Crippen LogP contribution in [0.1, 0.15) is 46.1 Å². The van der Waals surface area contributed by atoms with Gasteiger partial charge < -0.3 is 20.1 Å². The van der Waals surface area contributed by atoms with Gasteiger partial charge in [-0.15, -0.1) is 0 Å². The molecule has 0 saturated carbocycles. The van der Waals surface area contributed by atoms with Crippen LogP contribution in [-0.2, 0) is 15.0 Å². The number of piperidine rings is 1. The SMILES string of the molecule is COc1ccc(C(C)(C)C(=O)NC2CCC(=O)NC2(C)C)cc1OC. The van der Waals surface area contributed by atoms with E-state index in [9.17, 15) is 9.59 Å². The smallest absolute Gasteiger partial charge is 0.230 e. The average molecular weight is 348 g/mol. The summed E-state index contributed by atoms with van der Waals surface area (Å²) in [5, 5.41) is 6.05. The van der Waals surface area contributed by atoms with Gasteiger partial charge in [0.1, 0.15) is 0 Å². The highest BCUT2D eigenvalue weighted by Gasteiger charge is 2.39. The van der Waals surface area contributed by atoms with Gasteiger partial charge in [-0.05, 0) is 51.8 Å². The van der Waals surface area contributed by atoms with E-state index in [-0.39, 0.29) is 17.9 Å². The molecule has 0 bridgehead atoms. The van der Waals surface area contributed by atoms with Crippen LogP contribution < -0.4 is 20.1 Å². The first-order chi connectivity index (χ1) is 11.6. The Morgan fingerprint density at radius 2 is 1.88 bits per heavy atom. The van der Waals surface area contributed by atoms with Gasteiger partial charge in [0, 0.05) is 6.42 Å². The van der Waals surface area contributed by atoms with Crippen molar-refractivity contribution in [1.82, 2.24) is 10.6 Å². The van der Waals surface area contributed by atoms with Gasteiger partial charge in [-0.25, -0.2) is 0 Å². The van der Waals surface area contributed by atoms with Crippen molar-refractivity contribution >= 4 is 11.8 Å². The van der Waals surface area contributed by atoms with Crippen molar-refractivity contribution in [3.8, 4) is 11.5 Å². The normalized spacial score (nSPS) is 19.8. The van der Waals surface area contributed by atoms with Gasteiger partial charge in [-0.2, -0.15) is 0 Å². The molecule has 0 aliphatic carbocycles. The molecule has 0 aromatic heterocycles. The Morgan fingerprint density at radius 3 is 2.44 bits per heavy atom. The lowest BCUT2D eigenvalue weighted by molar-refractivity contribution is -0.130. The van der Waals surface area contributed by atoms with Gasteiger partial charge in [0.05, 0.1) is 31.2 Å². The zero-order valence-electron chi connectivity index (χ0n) is 15.9. The number of hydrogen-bond donors (Lipinski definition) is 2. The van der Waals surface area contributed by atoms with Crippen molar-refractivity contribution in [1.29, 1.82) is 0 Å². The summed E-state index contributed by atoms with van der Waals surface area (Å²) < 4.78 is 10.6. The number of rotatable bonds is 5. The lowest BCUT2D eigenvalue weighted by Crippen LogP contribution is -2.63. The Bertz CT molecular complexity index is 667. The van der Waals surface area contributed by atoms with Crippen molar-refractivity contribution in [2.45, 2.75) is 57.5 Å². The van der Waals surface area contributed by atoms with E-state index in [1.807, 2.05) is 39.8 Å². The maximum atomic E-state index is 13.0. The zero-order chi connectivity index (χ0) is 18.8. The topological polar surface area (TPSA) is 76.7 Å². The minimum Gasteiger partial charge on any atom is -0.493 e. The van der Waals surface area contributed by atoms with Crippen molar-refractivity contribution in [2.24, 2.45) is 0 Å². The maximum Gasteiger partial charge on any atom is 0.230 e. The minimum absolute atomic E-state index is 0.0228. The highest BCUT2D eigenvalue weighted by molar-refractivity contribution is 5.88. The molecule has 2 N–H and O–H groups in total. The van der Waals surface area contributed by atoms with Gasteiger partial charge in [-0.1, -0.05) is 6.07 Å². The van der Waals surface area contributed by atoms with E-state index in [0.29, 0.717) is 24.3 Å². The predicted octanol–water partition coefficient (Wildman–Crippen LogP) is 2.15. The highest BCUT2D eigenvalue weighted by Crippen LogP contribution is 2.33. The monoisotopic (exact) mass is 348 g/mol. The fourth-order valence-corrected chi connectivity index (χ4v) is 3.09. The Balaban J connectivity index is 2.21. The molecule has 1 aliphatic heterocycles. The second-order valence-electron chi connectivity index (χ2n) is 7.53. The third kappa shape index (κ3) is 3.89. The molecule has 6 nitrogen and oxygen atoms in total. The molecule has 6 heteroatoms. The molecule has 1 aromatic carbocycles. The van der Waals surface area contributed by atoms with Crippen molar-refractivity contribution in [3.05, 3.63) is 23.8 Å². The maximum absolute atomic E-state index is 13.0. The van der Waals surface area contributed by atoms with Crippen LogP contribution in [0.15, 0.2) is 18.2 Å². The molecule has 25 heavy (non-hydrogen) atoms. The molecule has 1 aromatic rings. The number of amides is 2. The number of ether oxygens (including phenoxy) is 2. The third-order valence-electron chi connectivity index (χ3n) is 4.97. The first-order valence-electron chi connectivity index (χ1n) is 8.46. The third-order valence-corrected chi connectivity index (χ3v) is 4.97. The second kappa shape index (κ2) is 6.94. The molecule has 138 valence electrons. The lowest BCUT2D eigenvalue weighted by atomic mass is 9.81. The van der Waals surface area contributed by atoms with Gasteiger partial charge in [0.15, 0.2) is 11.5 Å². The number of methoxy groups -OCH3 is 2. The Kier molecular flexibility index (Phi) is 5.30. The first-order valence-corrected chi connectivity index (χ1v) is 8.46. The standard InChI is InChI=1S/C19H28N2O4/c1-18(2,12-7-8-13(24-5)14(11-12)25-6)17(23)20-15-9-10-16(22)21-19(15,3)4/h7-8,11,15H,9-10H2,1-6H3,(H,20,23)(H,21,22). The lowest BCUT2D eigenvalue weighted by Gasteiger charge is -2.41. The molecule has 1 atom stereocenters. The summed E-state index contributed by atoms with van der Waals surface area (Å²) >= 11 is 0. The van der Waals surface area contributed by atoms with Crippen LogP contribution in [0, 0.1) is 0 Å². The summed E-state index contributed by atoms with van der Waals surface area (Å²) in [4.78, 5) is 24.6. The molecule has 1 heterocycles. The van der Waals surface area contributed by atoms with Gasteiger partial charge in [-0.3, -0.25) is 9.59 Å². The van der Waals surface area contributed by atoms with E-state index >= 15 is 0 Å². The van der Waals surface area contributed by atoms with E-state index in [2.05, 4.69) is 10.6 Å². The fraction of sp³-hybridized carbons (Fsp3) is 0.579. The number of nitrogens with one attached hydrogen (secondary N) is 2. The molecule has 2 rings (SSSR count). The van der Waals surface area contributed by atoms with Gasteiger partial charge >= 0.3 is 0 Å². The fourth-order valence-electron chi connectivity index (χ4n) is 3.09.